The Morgan fingerprint density at radius 2 is 2.12 bits per heavy atom. The van der Waals surface area contributed by atoms with E-state index in [1.54, 1.807) is 19.1 Å². The number of benzene rings is 1. The zero-order valence-electron chi connectivity index (χ0n) is 18.3. The number of nitrogens with zero attached hydrogens (tertiary/aromatic N) is 3. The van der Waals surface area contributed by atoms with Crippen LogP contribution in [0.1, 0.15) is 37.8 Å². The first kappa shape index (κ1) is 23.0. The van der Waals surface area contributed by atoms with Gasteiger partial charge in [-0.25, -0.2) is 9.79 Å². The van der Waals surface area contributed by atoms with Gasteiger partial charge in [0.25, 0.3) is 5.69 Å². The molecule has 0 unspecified atom stereocenters. The number of methoxy groups -OCH3 is 1. The number of rotatable bonds is 7. The Kier molecular flexibility index (Phi) is 6.80. The molecule has 1 aromatic carbocycles. The maximum Gasteiger partial charge on any atom is 0.338 e. The van der Waals surface area contributed by atoms with Crippen molar-refractivity contribution in [3.8, 4) is 0 Å². The predicted octanol–water partition coefficient (Wildman–Crippen LogP) is 3.03. The molecule has 2 atom stereocenters. The number of carbonyl (C=O) groups excluding carboxylic acids is 2. The van der Waals surface area contributed by atoms with Crippen LogP contribution in [0.3, 0.4) is 0 Å². The van der Waals surface area contributed by atoms with E-state index in [1.807, 2.05) is 10.3 Å². The first-order chi connectivity index (χ1) is 15.9. The van der Waals surface area contributed by atoms with Crippen LogP contribution in [0, 0.1) is 10.1 Å². The zero-order chi connectivity index (χ0) is 23.5. The maximum atomic E-state index is 12.7. The second-order valence-corrected chi connectivity index (χ2v) is 8.69. The van der Waals surface area contributed by atoms with Crippen molar-refractivity contribution in [2.45, 2.75) is 38.3 Å². The normalized spacial score (nSPS) is 21.9. The van der Waals surface area contributed by atoms with Crippen LogP contribution in [0.2, 0.25) is 0 Å². The van der Waals surface area contributed by atoms with Crippen LogP contribution in [0.15, 0.2) is 51.6 Å². The minimum atomic E-state index is -0.627. The molecule has 0 aliphatic carbocycles. The Morgan fingerprint density at radius 1 is 1.36 bits per heavy atom. The highest BCUT2D eigenvalue weighted by atomic mass is 32.2. The zero-order valence-corrected chi connectivity index (χ0v) is 19.1. The monoisotopic (exact) mass is 472 g/mol. The molecule has 0 spiro atoms. The van der Waals surface area contributed by atoms with Gasteiger partial charge >= 0.3 is 5.97 Å². The van der Waals surface area contributed by atoms with E-state index < -0.39 is 16.9 Å². The quantitative estimate of drug-likeness (QED) is 0.365. The maximum absolute atomic E-state index is 12.7. The first-order valence-electron chi connectivity index (χ1n) is 10.5. The number of nitro groups is 1. The summed E-state index contributed by atoms with van der Waals surface area (Å²) in [5, 5.41) is 16.5. The second-order valence-electron chi connectivity index (χ2n) is 7.85. The van der Waals surface area contributed by atoms with Gasteiger partial charge in [-0.2, -0.15) is 0 Å². The minimum Gasteiger partial charge on any atom is -0.466 e. The number of nitro benzene ring substituents is 1. The average Bonchev–Trinajstić information content (AvgIpc) is 3.46. The van der Waals surface area contributed by atoms with Crippen molar-refractivity contribution in [3.63, 3.8) is 0 Å². The standard InChI is InChI=1S/C22H24N4O6S/c1-13-19(21(28)31-2)20(14-5-7-15(8-6-14)26(29)30)25-16(12-33-22(25)24-13)10-18(27)23-11-17-4-3-9-32-17/h5-8,12,17,20H,3-4,9-11H2,1-2H3,(H,23,27)/t17-,20-/m0/s1. The number of nitrogens with one attached hydrogen (secondary N) is 1. The summed E-state index contributed by atoms with van der Waals surface area (Å²) in [4.78, 5) is 42.4. The summed E-state index contributed by atoms with van der Waals surface area (Å²) in [6.45, 7) is 2.90. The molecule has 10 nitrogen and oxygen atoms in total. The molecule has 3 aliphatic heterocycles. The highest BCUT2D eigenvalue weighted by molar-refractivity contribution is 8.16. The van der Waals surface area contributed by atoms with Crippen LogP contribution in [-0.4, -0.2) is 53.2 Å². The summed E-state index contributed by atoms with van der Waals surface area (Å²) in [6, 6.07) is 5.38. The van der Waals surface area contributed by atoms with Crippen LogP contribution >= 0.6 is 11.8 Å². The fourth-order valence-electron chi connectivity index (χ4n) is 4.09. The summed E-state index contributed by atoms with van der Waals surface area (Å²) in [7, 11) is 1.29. The Labute approximate surface area is 194 Å². The minimum absolute atomic E-state index is 0.0392. The Bertz CT molecular complexity index is 1060. The molecule has 174 valence electrons. The molecule has 0 saturated carbocycles. The van der Waals surface area contributed by atoms with Crippen molar-refractivity contribution in [2.24, 2.45) is 4.99 Å². The van der Waals surface area contributed by atoms with Crippen LogP contribution in [0.5, 0.6) is 0 Å². The van der Waals surface area contributed by atoms with Gasteiger partial charge in [0.15, 0.2) is 5.17 Å². The van der Waals surface area contributed by atoms with Gasteiger partial charge in [0.1, 0.15) is 0 Å². The van der Waals surface area contributed by atoms with Gasteiger partial charge in [0.2, 0.25) is 5.91 Å². The molecule has 4 rings (SSSR count). The molecule has 1 aromatic rings. The Hall–Kier alpha value is -3.18. The smallest absolute Gasteiger partial charge is 0.338 e. The molecule has 33 heavy (non-hydrogen) atoms. The number of allylic oxidation sites excluding steroid dienone is 1. The Balaban J connectivity index is 1.61. The molecule has 0 aromatic heterocycles. The molecule has 0 radical (unpaired) electrons. The lowest BCUT2D eigenvalue weighted by Gasteiger charge is -2.36. The third-order valence-electron chi connectivity index (χ3n) is 5.72. The Morgan fingerprint density at radius 3 is 2.76 bits per heavy atom. The van der Waals surface area contributed by atoms with Crippen LogP contribution in [0.25, 0.3) is 0 Å². The topological polar surface area (TPSA) is 123 Å². The third kappa shape index (κ3) is 4.79. The fraction of sp³-hybridized carbons (Fsp3) is 0.409. The van der Waals surface area contributed by atoms with Gasteiger partial charge in [-0.3, -0.25) is 14.9 Å². The van der Waals surface area contributed by atoms with Gasteiger partial charge in [-0.05, 0) is 42.9 Å². The molecule has 3 aliphatic rings. The second kappa shape index (κ2) is 9.75. The van der Waals surface area contributed by atoms with E-state index in [1.165, 1.54) is 31.0 Å². The highest BCUT2D eigenvalue weighted by Gasteiger charge is 2.41. The predicted molar refractivity (Wildman–Crippen MR) is 122 cm³/mol. The van der Waals surface area contributed by atoms with Crippen LogP contribution in [0.4, 0.5) is 5.69 Å². The fourth-order valence-corrected chi connectivity index (χ4v) is 5.06. The number of non-ortho nitro benzene ring substituents is 1. The largest absolute Gasteiger partial charge is 0.466 e. The summed E-state index contributed by atoms with van der Waals surface area (Å²) >= 11 is 1.37. The summed E-state index contributed by atoms with van der Waals surface area (Å²) < 4.78 is 10.6. The van der Waals surface area contributed by atoms with Crippen molar-refractivity contribution in [2.75, 3.05) is 20.3 Å². The SMILES string of the molecule is COC(=O)C1=C(C)N=C2SC=C(CC(=O)NC[C@@H]3CCCO3)N2[C@H]1c1ccc([N+](=O)[O-])cc1. The summed E-state index contributed by atoms with van der Waals surface area (Å²) in [5.74, 6) is -0.704. The summed E-state index contributed by atoms with van der Waals surface area (Å²) in [6.07, 6.45) is 2.05. The molecule has 1 amide bonds. The highest BCUT2D eigenvalue weighted by Crippen LogP contribution is 2.45. The number of fused-ring (bicyclic) bond motifs is 1. The van der Waals surface area contributed by atoms with Gasteiger partial charge in [0.05, 0.1) is 41.9 Å². The summed E-state index contributed by atoms with van der Waals surface area (Å²) in [5.41, 5.74) is 2.11. The van der Waals surface area contributed by atoms with Crippen molar-refractivity contribution in [1.82, 2.24) is 10.2 Å². The lowest BCUT2D eigenvalue weighted by atomic mass is 9.93. The van der Waals surface area contributed by atoms with E-state index in [4.69, 9.17) is 9.47 Å². The van der Waals surface area contributed by atoms with E-state index in [0.29, 0.717) is 34.2 Å². The van der Waals surface area contributed by atoms with E-state index in [9.17, 15) is 19.7 Å². The molecular weight excluding hydrogens is 448 g/mol. The van der Waals surface area contributed by atoms with Crippen LogP contribution < -0.4 is 5.32 Å². The van der Waals surface area contributed by atoms with Gasteiger partial charge in [-0.15, -0.1) is 0 Å². The number of carbonyl (C=O) groups is 2. The first-order valence-corrected chi connectivity index (χ1v) is 11.4. The van der Waals surface area contributed by atoms with Crippen LogP contribution in [-0.2, 0) is 19.1 Å². The van der Waals surface area contributed by atoms with Crippen molar-refractivity contribution in [1.29, 1.82) is 0 Å². The number of amides is 1. The third-order valence-corrected chi connectivity index (χ3v) is 6.61. The van der Waals surface area contributed by atoms with E-state index in [0.717, 1.165) is 19.4 Å². The lowest BCUT2D eigenvalue weighted by molar-refractivity contribution is -0.384. The average molecular weight is 473 g/mol. The molecule has 3 heterocycles. The number of amidine groups is 1. The van der Waals surface area contributed by atoms with Gasteiger partial charge in [0, 0.05) is 31.0 Å². The number of ether oxygens (including phenoxy) is 2. The lowest BCUT2D eigenvalue weighted by Crippen LogP contribution is -2.38. The number of hydrogen-bond donors (Lipinski definition) is 1. The van der Waals surface area contributed by atoms with E-state index in [-0.39, 0.29) is 24.1 Å². The van der Waals surface area contributed by atoms with Crippen molar-refractivity contribution >= 4 is 34.5 Å². The number of thioether (sulfide) groups is 1. The molecular formula is C22H24N4O6S. The van der Waals surface area contributed by atoms with Crippen molar-refractivity contribution in [3.05, 3.63) is 62.3 Å². The molecule has 11 heteroatoms. The van der Waals surface area contributed by atoms with Gasteiger partial charge < -0.3 is 19.7 Å². The number of esters is 1. The number of hydrogen-bond acceptors (Lipinski definition) is 9. The van der Waals surface area contributed by atoms with E-state index in [2.05, 4.69) is 10.3 Å². The van der Waals surface area contributed by atoms with Crippen molar-refractivity contribution < 1.29 is 24.0 Å². The molecule has 1 fully saturated rings. The molecule has 1 N–H and O–H groups in total. The molecule has 1 saturated heterocycles. The van der Waals surface area contributed by atoms with Gasteiger partial charge in [-0.1, -0.05) is 11.8 Å². The number of aliphatic imine (C=N–C) groups is 1. The van der Waals surface area contributed by atoms with E-state index >= 15 is 0 Å². The molecule has 0 bridgehead atoms.